The fraction of sp³-hybridized carbons (Fsp3) is 0.545. The second-order valence-electron chi connectivity index (χ2n) is 3.65. The number of rotatable bonds is 2. The van der Waals surface area contributed by atoms with Gasteiger partial charge in [0.2, 0.25) is 0 Å². The largest absolute Gasteiger partial charge is 0.444 e. The second-order valence-corrected chi connectivity index (χ2v) is 3.65. The molecule has 1 aliphatic heterocycles. The molecule has 1 atom stereocenters. The molecule has 0 aromatic rings. The van der Waals surface area contributed by atoms with E-state index in [4.69, 9.17) is 4.74 Å². The summed E-state index contributed by atoms with van der Waals surface area (Å²) in [5.41, 5.74) is 1.09. The predicted octanol–water partition coefficient (Wildman–Crippen LogP) is 2.45. The van der Waals surface area contributed by atoms with Crippen LogP contribution in [0.1, 0.15) is 26.2 Å². The number of hydrogen-bond donors (Lipinski definition) is 0. The summed E-state index contributed by atoms with van der Waals surface area (Å²) in [5, 5.41) is 0. The van der Waals surface area contributed by atoms with Crippen LogP contribution < -0.4 is 0 Å². The summed E-state index contributed by atoms with van der Waals surface area (Å²) in [7, 11) is 0. The maximum Gasteiger partial charge on any atom is 0.414 e. The first kappa shape index (κ1) is 9.31. The molecule has 0 N–H and O–H groups in total. The molecule has 0 bridgehead atoms. The second kappa shape index (κ2) is 3.86. The molecule has 0 saturated carbocycles. The molecular formula is C11H15NO2. The molecule has 3 heteroatoms. The summed E-state index contributed by atoms with van der Waals surface area (Å²) in [5.74, 6) is 0. The highest BCUT2D eigenvalue weighted by molar-refractivity contribution is 5.72. The molecule has 1 saturated heterocycles. The minimum atomic E-state index is -0.182. The number of allylic oxidation sites excluding steroid dienone is 4. The van der Waals surface area contributed by atoms with E-state index in [0.717, 1.165) is 31.5 Å². The molecule has 1 aliphatic carbocycles. The molecule has 0 radical (unpaired) electrons. The van der Waals surface area contributed by atoms with Gasteiger partial charge in [-0.3, -0.25) is 4.90 Å². The van der Waals surface area contributed by atoms with Crippen LogP contribution in [0, 0.1) is 0 Å². The van der Waals surface area contributed by atoms with Crippen LogP contribution in [0.5, 0.6) is 0 Å². The molecule has 2 aliphatic rings. The van der Waals surface area contributed by atoms with Gasteiger partial charge in [-0.15, -0.1) is 0 Å². The Morgan fingerprint density at radius 1 is 1.64 bits per heavy atom. The number of ether oxygens (including phenoxy) is 1. The van der Waals surface area contributed by atoms with E-state index in [2.05, 4.69) is 6.08 Å². The first-order valence-electron chi connectivity index (χ1n) is 5.15. The normalized spacial score (nSPS) is 26.4. The van der Waals surface area contributed by atoms with Crippen molar-refractivity contribution in [1.82, 2.24) is 4.90 Å². The maximum atomic E-state index is 11.5. The van der Waals surface area contributed by atoms with E-state index >= 15 is 0 Å². The Balaban J connectivity index is 2.08. The summed E-state index contributed by atoms with van der Waals surface area (Å²) in [6.07, 6.45) is 8.88. The van der Waals surface area contributed by atoms with Crippen LogP contribution >= 0.6 is 0 Å². The van der Waals surface area contributed by atoms with Gasteiger partial charge in [0.15, 0.2) is 0 Å². The van der Waals surface area contributed by atoms with Gasteiger partial charge in [-0.2, -0.15) is 0 Å². The maximum absolute atomic E-state index is 11.5. The number of hydrogen-bond acceptors (Lipinski definition) is 2. The zero-order chi connectivity index (χ0) is 9.97. The Morgan fingerprint density at radius 3 is 3.07 bits per heavy atom. The highest BCUT2D eigenvalue weighted by Crippen LogP contribution is 2.23. The van der Waals surface area contributed by atoms with Crippen LogP contribution in [-0.2, 0) is 4.74 Å². The fourth-order valence-electron chi connectivity index (χ4n) is 1.78. The molecule has 0 aromatic heterocycles. The monoisotopic (exact) mass is 193 g/mol. The molecule has 0 aromatic carbocycles. The Kier molecular flexibility index (Phi) is 2.57. The van der Waals surface area contributed by atoms with Gasteiger partial charge in [0.05, 0.1) is 6.54 Å². The van der Waals surface area contributed by atoms with Crippen molar-refractivity contribution in [1.29, 1.82) is 0 Å². The van der Waals surface area contributed by atoms with Gasteiger partial charge >= 0.3 is 6.09 Å². The first-order chi connectivity index (χ1) is 6.81. The van der Waals surface area contributed by atoms with E-state index in [1.54, 1.807) is 4.90 Å². The van der Waals surface area contributed by atoms with Crippen LogP contribution in [0.4, 0.5) is 4.79 Å². The minimum absolute atomic E-state index is 0.0781. The SMILES string of the molecule is CCC1CN(C2=CC=CCC2)C(=O)O1. The van der Waals surface area contributed by atoms with Crippen molar-refractivity contribution in [3.8, 4) is 0 Å². The fourth-order valence-corrected chi connectivity index (χ4v) is 1.78. The van der Waals surface area contributed by atoms with E-state index < -0.39 is 0 Å². The van der Waals surface area contributed by atoms with Crippen molar-refractivity contribution >= 4 is 6.09 Å². The number of carbonyl (C=O) groups excluding carboxylic acids is 1. The lowest BCUT2D eigenvalue weighted by molar-refractivity contribution is 0.133. The standard InChI is InChI=1S/C11H15NO2/c1-2-10-8-12(11(13)14-10)9-6-4-3-5-7-9/h3-4,6,10H,2,5,7-8H2,1H3. The van der Waals surface area contributed by atoms with E-state index in [0.29, 0.717) is 0 Å². The van der Waals surface area contributed by atoms with Crippen molar-refractivity contribution < 1.29 is 9.53 Å². The summed E-state index contributed by atoms with van der Waals surface area (Å²) in [6.45, 7) is 2.76. The molecule has 1 amide bonds. The van der Waals surface area contributed by atoms with Crippen LogP contribution in [0.25, 0.3) is 0 Å². The smallest absolute Gasteiger partial charge is 0.414 e. The van der Waals surface area contributed by atoms with Gasteiger partial charge in [0.1, 0.15) is 6.10 Å². The van der Waals surface area contributed by atoms with Gasteiger partial charge in [0.25, 0.3) is 0 Å². The van der Waals surface area contributed by atoms with Crippen molar-refractivity contribution in [3.63, 3.8) is 0 Å². The molecular weight excluding hydrogens is 178 g/mol. The van der Waals surface area contributed by atoms with E-state index in [9.17, 15) is 4.79 Å². The lowest BCUT2D eigenvalue weighted by Gasteiger charge is -2.18. The Bertz CT molecular complexity index is 294. The summed E-state index contributed by atoms with van der Waals surface area (Å²) < 4.78 is 5.20. The highest BCUT2D eigenvalue weighted by atomic mass is 16.6. The summed E-state index contributed by atoms with van der Waals surface area (Å²) >= 11 is 0. The van der Waals surface area contributed by atoms with Crippen LogP contribution in [0.15, 0.2) is 23.9 Å². The lowest BCUT2D eigenvalue weighted by atomic mass is 10.1. The highest BCUT2D eigenvalue weighted by Gasteiger charge is 2.31. The molecule has 3 nitrogen and oxygen atoms in total. The Hall–Kier alpha value is -1.25. The van der Waals surface area contributed by atoms with Gasteiger partial charge < -0.3 is 4.74 Å². The van der Waals surface area contributed by atoms with Crippen molar-refractivity contribution in [2.75, 3.05) is 6.54 Å². The third kappa shape index (κ3) is 1.67. The van der Waals surface area contributed by atoms with E-state index in [-0.39, 0.29) is 12.2 Å². The third-order valence-corrected chi connectivity index (χ3v) is 2.67. The molecule has 0 spiro atoms. The lowest BCUT2D eigenvalue weighted by Crippen LogP contribution is -2.24. The van der Waals surface area contributed by atoms with E-state index in [1.165, 1.54) is 0 Å². The number of nitrogens with zero attached hydrogens (tertiary/aromatic N) is 1. The average molecular weight is 193 g/mol. The molecule has 14 heavy (non-hydrogen) atoms. The molecule has 76 valence electrons. The molecule has 2 rings (SSSR count). The third-order valence-electron chi connectivity index (χ3n) is 2.67. The Morgan fingerprint density at radius 2 is 2.50 bits per heavy atom. The van der Waals surface area contributed by atoms with Crippen LogP contribution in [0.2, 0.25) is 0 Å². The zero-order valence-corrected chi connectivity index (χ0v) is 8.40. The molecule has 1 fully saturated rings. The topological polar surface area (TPSA) is 29.5 Å². The molecule has 1 unspecified atom stereocenters. The Labute approximate surface area is 84.0 Å². The zero-order valence-electron chi connectivity index (χ0n) is 8.40. The summed E-state index contributed by atoms with van der Waals surface area (Å²) in [6, 6.07) is 0. The van der Waals surface area contributed by atoms with E-state index in [1.807, 2.05) is 19.1 Å². The van der Waals surface area contributed by atoms with Crippen LogP contribution in [-0.4, -0.2) is 23.6 Å². The quantitative estimate of drug-likeness (QED) is 0.674. The number of carbonyl (C=O) groups is 1. The minimum Gasteiger partial charge on any atom is -0.444 e. The summed E-state index contributed by atoms with van der Waals surface area (Å²) in [4.78, 5) is 13.2. The van der Waals surface area contributed by atoms with Gasteiger partial charge in [-0.25, -0.2) is 4.79 Å². The predicted molar refractivity (Wildman–Crippen MR) is 53.7 cm³/mol. The van der Waals surface area contributed by atoms with Crippen molar-refractivity contribution in [3.05, 3.63) is 23.9 Å². The molecule has 1 heterocycles. The van der Waals surface area contributed by atoms with Crippen molar-refractivity contribution in [2.45, 2.75) is 32.3 Å². The van der Waals surface area contributed by atoms with Crippen molar-refractivity contribution in [2.24, 2.45) is 0 Å². The van der Waals surface area contributed by atoms with Gasteiger partial charge in [-0.05, 0) is 25.3 Å². The van der Waals surface area contributed by atoms with Crippen LogP contribution in [0.3, 0.4) is 0 Å². The van der Waals surface area contributed by atoms with Gasteiger partial charge in [0, 0.05) is 5.70 Å². The number of cyclic esters (lactones) is 1. The first-order valence-corrected chi connectivity index (χ1v) is 5.15. The number of amides is 1. The van der Waals surface area contributed by atoms with Gasteiger partial charge in [-0.1, -0.05) is 19.1 Å². The average Bonchev–Trinajstić information content (AvgIpc) is 2.61.